The van der Waals surface area contributed by atoms with Gasteiger partial charge in [0.25, 0.3) is 5.91 Å². The molecular formula is C12H16BrNO. The summed E-state index contributed by atoms with van der Waals surface area (Å²) in [6, 6.07) is 7.62. The maximum Gasteiger partial charge on any atom is 0.252 e. The van der Waals surface area contributed by atoms with Crippen molar-refractivity contribution in [2.24, 2.45) is 5.92 Å². The molecule has 0 aliphatic heterocycles. The average Bonchev–Trinajstić information content (AvgIpc) is 2.18. The zero-order chi connectivity index (χ0) is 11.4. The van der Waals surface area contributed by atoms with Crippen LogP contribution in [0, 0.1) is 5.92 Å². The van der Waals surface area contributed by atoms with Gasteiger partial charge in [-0.2, -0.15) is 0 Å². The van der Waals surface area contributed by atoms with Gasteiger partial charge >= 0.3 is 0 Å². The van der Waals surface area contributed by atoms with Crippen molar-refractivity contribution in [3.63, 3.8) is 0 Å². The van der Waals surface area contributed by atoms with Crippen LogP contribution >= 0.6 is 15.9 Å². The van der Waals surface area contributed by atoms with Crippen LogP contribution < -0.4 is 5.32 Å². The van der Waals surface area contributed by atoms with E-state index in [1.807, 2.05) is 31.2 Å². The second-order valence-electron chi connectivity index (χ2n) is 3.99. The summed E-state index contributed by atoms with van der Waals surface area (Å²) >= 11 is 3.36. The number of carbonyl (C=O) groups excluding carboxylic acids is 1. The summed E-state index contributed by atoms with van der Waals surface area (Å²) in [5.41, 5.74) is 0.685. The molecule has 0 saturated heterocycles. The first-order valence-electron chi connectivity index (χ1n) is 5.07. The molecule has 1 N–H and O–H groups in total. The maximum atomic E-state index is 11.8. The minimum atomic E-state index is -0.0244. The van der Waals surface area contributed by atoms with Gasteiger partial charge in [0, 0.05) is 10.5 Å². The fraction of sp³-hybridized carbons (Fsp3) is 0.417. The normalized spacial score (nSPS) is 12.6. The van der Waals surface area contributed by atoms with Gasteiger partial charge in [-0.25, -0.2) is 0 Å². The van der Waals surface area contributed by atoms with Gasteiger partial charge in [-0.05, 0) is 40.9 Å². The minimum Gasteiger partial charge on any atom is -0.349 e. The Bertz CT molecular complexity index is 349. The third kappa shape index (κ3) is 3.34. The van der Waals surface area contributed by atoms with E-state index in [1.165, 1.54) is 0 Å². The molecule has 0 aliphatic rings. The summed E-state index contributed by atoms with van der Waals surface area (Å²) in [6.07, 6.45) is 0. The van der Waals surface area contributed by atoms with E-state index in [-0.39, 0.29) is 11.9 Å². The molecule has 0 aromatic heterocycles. The number of nitrogens with one attached hydrogen (secondary N) is 1. The van der Waals surface area contributed by atoms with Gasteiger partial charge in [-0.15, -0.1) is 0 Å². The third-order valence-corrected chi connectivity index (χ3v) is 3.17. The fourth-order valence-electron chi connectivity index (χ4n) is 1.10. The van der Waals surface area contributed by atoms with Crippen LogP contribution in [-0.4, -0.2) is 11.9 Å². The summed E-state index contributed by atoms with van der Waals surface area (Å²) in [6.45, 7) is 6.19. The van der Waals surface area contributed by atoms with Crippen molar-refractivity contribution in [2.45, 2.75) is 26.8 Å². The molecule has 0 aliphatic carbocycles. The van der Waals surface area contributed by atoms with Crippen molar-refractivity contribution in [2.75, 3.05) is 0 Å². The highest BCUT2D eigenvalue weighted by Crippen LogP contribution is 2.16. The second kappa shape index (κ2) is 5.31. The summed E-state index contributed by atoms with van der Waals surface area (Å²) in [7, 11) is 0. The Labute approximate surface area is 99.2 Å². The first-order valence-corrected chi connectivity index (χ1v) is 5.87. The average molecular weight is 270 g/mol. The van der Waals surface area contributed by atoms with Crippen LogP contribution in [0.2, 0.25) is 0 Å². The molecule has 82 valence electrons. The molecule has 0 saturated carbocycles. The molecule has 0 spiro atoms. The summed E-state index contributed by atoms with van der Waals surface area (Å²) in [4.78, 5) is 11.8. The lowest BCUT2D eigenvalue weighted by Crippen LogP contribution is -2.36. The van der Waals surface area contributed by atoms with Crippen molar-refractivity contribution in [3.05, 3.63) is 34.3 Å². The predicted octanol–water partition coefficient (Wildman–Crippen LogP) is 3.22. The highest BCUT2D eigenvalue weighted by molar-refractivity contribution is 9.10. The first kappa shape index (κ1) is 12.2. The lowest BCUT2D eigenvalue weighted by Gasteiger charge is -2.17. The number of hydrogen-bond acceptors (Lipinski definition) is 1. The van der Waals surface area contributed by atoms with Crippen LogP contribution in [0.5, 0.6) is 0 Å². The summed E-state index contributed by atoms with van der Waals surface area (Å²) < 4.78 is 0.832. The molecule has 15 heavy (non-hydrogen) atoms. The Morgan fingerprint density at radius 2 is 1.87 bits per heavy atom. The first-order chi connectivity index (χ1) is 7.02. The van der Waals surface area contributed by atoms with Crippen molar-refractivity contribution < 1.29 is 4.79 Å². The molecule has 0 bridgehead atoms. The van der Waals surface area contributed by atoms with E-state index in [4.69, 9.17) is 0 Å². The number of amides is 1. The summed E-state index contributed by atoms with van der Waals surface area (Å²) in [5, 5.41) is 2.97. The lowest BCUT2D eigenvalue weighted by molar-refractivity contribution is 0.0930. The molecule has 3 heteroatoms. The van der Waals surface area contributed by atoms with Crippen LogP contribution in [0.3, 0.4) is 0 Å². The summed E-state index contributed by atoms with van der Waals surface area (Å²) in [5.74, 6) is 0.417. The molecule has 1 rings (SSSR count). The number of carbonyl (C=O) groups is 1. The van der Waals surface area contributed by atoms with Crippen LogP contribution in [0.4, 0.5) is 0 Å². The van der Waals surface area contributed by atoms with Crippen LogP contribution in [0.25, 0.3) is 0 Å². The molecule has 1 amide bonds. The lowest BCUT2D eigenvalue weighted by atomic mass is 10.1. The maximum absolute atomic E-state index is 11.8. The second-order valence-corrected chi connectivity index (χ2v) is 4.84. The monoisotopic (exact) mass is 269 g/mol. The molecule has 1 atom stereocenters. The smallest absolute Gasteiger partial charge is 0.252 e. The van der Waals surface area contributed by atoms with Gasteiger partial charge in [-0.3, -0.25) is 4.79 Å². The molecule has 2 nitrogen and oxygen atoms in total. The van der Waals surface area contributed by atoms with Crippen LogP contribution in [0.1, 0.15) is 31.1 Å². The van der Waals surface area contributed by atoms with E-state index in [0.29, 0.717) is 11.5 Å². The van der Waals surface area contributed by atoms with Gasteiger partial charge in [0.15, 0.2) is 0 Å². The van der Waals surface area contributed by atoms with E-state index in [0.717, 1.165) is 4.47 Å². The molecule has 1 unspecified atom stereocenters. The fourth-order valence-corrected chi connectivity index (χ4v) is 1.56. The van der Waals surface area contributed by atoms with Crippen molar-refractivity contribution in [3.8, 4) is 0 Å². The number of hydrogen-bond donors (Lipinski definition) is 1. The largest absolute Gasteiger partial charge is 0.349 e. The van der Waals surface area contributed by atoms with Gasteiger partial charge in [0.2, 0.25) is 0 Å². The quantitative estimate of drug-likeness (QED) is 0.897. The topological polar surface area (TPSA) is 29.1 Å². The number of benzene rings is 1. The SMILES string of the molecule is CC(C)C(C)NC(=O)c1ccccc1Br. The van der Waals surface area contributed by atoms with Gasteiger partial charge < -0.3 is 5.32 Å². The van der Waals surface area contributed by atoms with Crippen LogP contribution in [0.15, 0.2) is 28.7 Å². The Hall–Kier alpha value is -0.830. The van der Waals surface area contributed by atoms with E-state index >= 15 is 0 Å². The van der Waals surface area contributed by atoms with Gasteiger partial charge in [-0.1, -0.05) is 26.0 Å². The third-order valence-electron chi connectivity index (χ3n) is 2.48. The Kier molecular flexibility index (Phi) is 4.33. The highest BCUT2D eigenvalue weighted by atomic mass is 79.9. The molecule has 0 radical (unpaired) electrons. The molecule has 0 fully saturated rings. The molecule has 1 aromatic carbocycles. The van der Waals surface area contributed by atoms with E-state index in [9.17, 15) is 4.79 Å². The predicted molar refractivity (Wildman–Crippen MR) is 65.9 cm³/mol. The van der Waals surface area contributed by atoms with Gasteiger partial charge in [0.05, 0.1) is 5.56 Å². The van der Waals surface area contributed by atoms with E-state index in [2.05, 4.69) is 35.1 Å². The number of halogens is 1. The standard InChI is InChI=1S/C12H16BrNO/c1-8(2)9(3)14-12(15)10-6-4-5-7-11(10)13/h4-9H,1-3H3,(H,14,15). The molecular weight excluding hydrogens is 254 g/mol. The zero-order valence-corrected chi connectivity index (χ0v) is 10.8. The van der Waals surface area contributed by atoms with Crippen molar-refractivity contribution >= 4 is 21.8 Å². The molecule has 1 aromatic rings. The Morgan fingerprint density at radius 1 is 1.27 bits per heavy atom. The minimum absolute atomic E-state index is 0.0244. The molecule has 0 heterocycles. The van der Waals surface area contributed by atoms with E-state index < -0.39 is 0 Å². The van der Waals surface area contributed by atoms with Gasteiger partial charge in [0.1, 0.15) is 0 Å². The van der Waals surface area contributed by atoms with Crippen molar-refractivity contribution in [1.29, 1.82) is 0 Å². The number of rotatable bonds is 3. The van der Waals surface area contributed by atoms with E-state index in [1.54, 1.807) is 0 Å². The van der Waals surface area contributed by atoms with Crippen LogP contribution in [-0.2, 0) is 0 Å². The van der Waals surface area contributed by atoms with Crippen molar-refractivity contribution in [1.82, 2.24) is 5.32 Å². The Morgan fingerprint density at radius 3 is 2.40 bits per heavy atom. The Balaban J connectivity index is 2.74. The highest BCUT2D eigenvalue weighted by Gasteiger charge is 2.13. The zero-order valence-electron chi connectivity index (χ0n) is 9.25.